The highest BCUT2D eigenvalue weighted by Gasteiger charge is 2.16. The van der Waals surface area contributed by atoms with Crippen LogP contribution in [0.5, 0.6) is 0 Å². The predicted octanol–water partition coefficient (Wildman–Crippen LogP) is 5.37. The Hall–Kier alpha value is -1.12. The van der Waals surface area contributed by atoms with E-state index < -0.39 is 0 Å². The quantitative estimate of drug-likeness (QED) is 0.711. The number of halogens is 3. The average molecular weight is 284 g/mol. The smallest absolute Gasteiger partial charge is 0.110 e. The fourth-order valence-electron chi connectivity index (χ4n) is 1.78. The van der Waals surface area contributed by atoms with E-state index in [-0.39, 0.29) is 5.83 Å². The third-order valence-corrected chi connectivity index (χ3v) is 3.38. The third kappa shape index (κ3) is 2.65. The minimum absolute atomic E-state index is 0.203. The van der Waals surface area contributed by atoms with Crippen molar-refractivity contribution in [2.24, 2.45) is 0 Å². The molecule has 0 amide bonds. The lowest BCUT2D eigenvalue weighted by molar-refractivity contribution is 0.590. The van der Waals surface area contributed by atoms with Gasteiger partial charge in [-0.15, -0.1) is 0 Å². The van der Waals surface area contributed by atoms with Crippen LogP contribution in [-0.4, -0.2) is 4.98 Å². The summed E-state index contributed by atoms with van der Waals surface area (Å²) in [5.41, 5.74) is 2.51. The van der Waals surface area contributed by atoms with E-state index in [0.29, 0.717) is 34.2 Å². The summed E-state index contributed by atoms with van der Waals surface area (Å²) in [7, 11) is 0. The van der Waals surface area contributed by atoms with Crippen molar-refractivity contribution >= 4 is 34.3 Å². The van der Waals surface area contributed by atoms with E-state index in [1.165, 1.54) is 0 Å². The fraction of sp³-hybridized carbons (Fsp3) is 0.214. The zero-order chi connectivity index (χ0) is 13.3. The van der Waals surface area contributed by atoms with Gasteiger partial charge in [0.1, 0.15) is 5.83 Å². The lowest BCUT2D eigenvalue weighted by Gasteiger charge is -2.12. The molecule has 1 aliphatic rings. The van der Waals surface area contributed by atoms with Crippen molar-refractivity contribution in [2.75, 3.05) is 0 Å². The average Bonchev–Trinajstić information content (AvgIpc) is 2.31. The van der Waals surface area contributed by atoms with Gasteiger partial charge in [0.2, 0.25) is 0 Å². The van der Waals surface area contributed by atoms with Crippen LogP contribution in [-0.2, 0) is 0 Å². The van der Waals surface area contributed by atoms with Gasteiger partial charge in [-0.3, -0.25) is 4.98 Å². The first-order valence-corrected chi connectivity index (χ1v) is 6.31. The number of nitrogens with zero attached hydrogens (tertiary/aromatic N) is 1. The minimum Gasteiger partial charge on any atom is -0.255 e. The first-order chi connectivity index (χ1) is 8.49. The maximum atomic E-state index is 13.8. The Morgan fingerprint density at radius 2 is 2.11 bits per heavy atom. The van der Waals surface area contributed by atoms with Gasteiger partial charge in [-0.2, -0.15) is 0 Å². The van der Waals surface area contributed by atoms with E-state index in [2.05, 4.69) is 11.6 Å². The lowest BCUT2D eigenvalue weighted by Crippen LogP contribution is -1.97. The maximum absolute atomic E-state index is 13.8. The van der Waals surface area contributed by atoms with Gasteiger partial charge in [-0.25, -0.2) is 4.39 Å². The molecule has 0 aliphatic heterocycles. The van der Waals surface area contributed by atoms with Crippen LogP contribution in [0.15, 0.2) is 35.8 Å². The molecule has 4 heteroatoms. The topological polar surface area (TPSA) is 12.9 Å². The summed E-state index contributed by atoms with van der Waals surface area (Å²) in [4.78, 5) is 4.22. The van der Waals surface area contributed by atoms with Gasteiger partial charge in [0, 0.05) is 28.8 Å². The number of pyridine rings is 1. The number of rotatable bonds is 2. The van der Waals surface area contributed by atoms with Gasteiger partial charge in [0.25, 0.3) is 0 Å². The minimum atomic E-state index is -0.203. The highest BCUT2D eigenvalue weighted by Crippen LogP contribution is 2.34. The van der Waals surface area contributed by atoms with Crippen molar-refractivity contribution in [3.05, 3.63) is 52.1 Å². The van der Waals surface area contributed by atoms with E-state index in [4.69, 9.17) is 23.2 Å². The zero-order valence-corrected chi connectivity index (χ0v) is 11.4. The van der Waals surface area contributed by atoms with Crippen molar-refractivity contribution in [3.8, 4) is 0 Å². The molecule has 0 spiro atoms. The molecular weight excluding hydrogens is 272 g/mol. The van der Waals surface area contributed by atoms with Crippen molar-refractivity contribution in [1.29, 1.82) is 0 Å². The molecule has 18 heavy (non-hydrogen) atoms. The van der Waals surface area contributed by atoms with E-state index in [9.17, 15) is 4.39 Å². The summed E-state index contributed by atoms with van der Waals surface area (Å²) in [5, 5.41) is 1.15. The van der Waals surface area contributed by atoms with Crippen molar-refractivity contribution in [2.45, 2.75) is 19.8 Å². The first-order valence-electron chi connectivity index (χ1n) is 5.55. The second-order valence-corrected chi connectivity index (χ2v) is 5.13. The first kappa shape index (κ1) is 13.3. The number of hydrogen-bond acceptors (Lipinski definition) is 1. The van der Waals surface area contributed by atoms with Crippen molar-refractivity contribution in [3.63, 3.8) is 0 Å². The SMILES string of the molecule is C=C(C)c1cnc(C2=C(F)CCC(Cl)=C2)cc1Cl. The molecule has 0 bridgehead atoms. The Kier molecular flexibility index (Phi) is 3.88. The lowest BCUT2D eigenvalue weighted by atomic mass is 10.0. The van der Waals surface area contributed by atoms with E-state index in [1.807, 2.05) is 6.92 Å². The summed E-state index contributed by atoms with van der Waals surface area (Å²) in [6, 6.07) is 1.65. The fourth-order valence-corrected chi connectivity index (χ4v) is 2.29. The molecule has 0 radical (unpaired) electrons. The van der Waals surface area contributed by atoms with Gasteiger partial charge < -0.3 is 0 Å². The van der Waals surface area contributed by atoms with Gasteiger partial charge in [-0.05, 0) is 31.1 Å². The van der Waals surface area contributed by atoms with Crippen LogP contribution in [0.1, 0.15) is 31.0 Å². The van der Waals surface area contributed by atoms with Gasteiger partial charge >= 0.3 is 0 Å². The molecule has 94 valence electrons. The molecule has 0 unspecified atom stereocenters. The van der Waals surface area contributed by atoms with Gasteiger partial charge in [-0.1, -0.05) is 29.8 Å². The molecule has 2 rings (SSSR count). The van der Waals surface area contributed by atoms with Crippen LogP contribution in [0.2, 0.25) is 5.02 Å². The highest BCUT2D eigenvalue weighted by molar-refractivity contribution is 6.32. The molecule has 0 saturated heterocycles. The Bertz CT molecular complexity index is 573. The molecule has 0 saturated carbocycles. The van der Waals surface area contributed by atoms with E-state index >= 15 is 0 Å². The Balaban J connectivity index is 2.47. The monoisotopic (exact) mass is 283 g/mol. The maximum Gasteiger partial charge on any atom is 0.110 e. The Morgan fingerprint density at radius 3 is 2.72 bits per heavy atom. The molecule has 0 N–H and O–H groups in total. The highest BCUT2D eigenvalue weighted by atomic mass is 35.5. The molecule has 1 nitrogen and oxygen atoms in total. The molecule has 1 aromatic heterocycles. The summed E-state index contributed by atoms with van der Waals surface area (Å²) in [6.45, 7) is 5.66. The standard InChI is InChI=1S/C14H12Cl2FN/c1-8(2)11-7-18-14(6-12(11)16)10-5-9(15)3-4-13(10)17/h5-7H,1,3-4H2,2H3. The van der Waals surface area contributed by atoms with Gasteiger partial charge in [0.15, 0.2) is 0 Å². The molecular formula is C14H12Cl2FN. The third-order valence-electron chi connectivity index (χ3n) is 2.77. The Labute approximate surface area is 116 Å². The molecule has 0 aromatic carbocycles. The van der Waals surface area contributed by atoms with Crippen LogP contribution in [0.3, 0.4) is 0 Å². The van der Waals surface area contributed by atoms with Crippen molar-refractivity contribution in [1.82, 2.24) is 4.98 Å². The number of aromatic nitrogens is 1. The zero-order valence-electron chi connectivity index (χ0n) is 9.93. The summed E-state index contributed by atoms with van der Waals surface area (Å²) < 4.78 is 13.8. The van der Waals surface area contributed by atoms with Crippen molar-refractivity contribution < 1.29 is 4.39 Å². The molecule has 1 aliphatic carbocycles. The van der Waals surface area contributed by atoms with Crippen LogP contribution < -0.4 is 0 Å². The normalized spacial score (nSPS) is 15.7. The van der Waals surface area contributed by atoms with Crippen LogP contribution in [0.4, 0.5) is 4.39 Å². The van der Waals surface area contributed by atoms with Crippen LogP contribution in [0, 0.1) is 0 Å². The van der Waals surface area contributed by atoms with Crippen LogP contribution >= 0.6 is 23.2 Å². The largest absolute Gasteiger partial charge is 0.255 e. The second-order valence-electron chi connectivity index (χ2n) is 4.24. The number of hydrogen-bond donors (Lipinski definition) is 0. The van der Waals surface area contributed by atoms with Gasteiger partial charge in [0.05, 0.1) is 10.7 Å². The summed E-state index contributed by atoms with van der Waals surface area (Å²) >= 11 is 12.1. The Morgan fingerprint density at radius 1 is 1.39 bits per heavy atom. The molecule has 0 fully saturated rings. The summed E-state index contributed by atoms with van der Waals surface area (Å²) in [6.07, 6.45) is 4.07. The molecule has 1 aromatic rings. The summed E-state index contributed by atoms with van der Waals surface area (Å²) in [5.74, 6) is -0.203. The van der Waals surface area contributed by atoms with Crippen LogP contribution in [0.25, 0.3) is 11.1 Å². The van der Waals surface area contributed by atoms with E-state index in [1.54, 1.807) is 18.3 Å². The molecule has 0 atom stereocenters. The van der Waals surface area contributed by atoms with E-state index in [0.717, 1.165) is 11.1 Å². The second kappa shape index (κ2) is 5.25. The number of allylic oxidation sites excluding steroid dienone is 5. The predicted molar refractivity (Wildman–Crippen MR) is 75.2 cm³/mol. The molecule has 1 heterocycles.